The summed E-state index contributed by atoms with van der Waals surface area (Å²) in [7, 11) is 1.68. The molecule has 1 aromatic heterocycles. The molecule has 0 unspecified atom stereocenters. The van der Waals surface area contributed by atoms with Crippen molar-refractivity contribution in [3.8, 4) is 0 Å². The molecule has 2 N–H and O–H groups in total. The average Bonchev–Trinajstić information content (AvgIpc) is 3.25. The molecule has 3 rings (SSSR count). The van der Waals surface area contributed by atoms with Crippen LogP contribution in [-0.2, 0) is 9.59 Å². The Morgan fingerprint density at radius 1 is 1.19 bits per heavy atom. The molecule has 0 aliphatic heterocycles. The van der Waals surface area contributed by atoms with Crippen molar-refractivity contribution < 1.29 is 14.0 Å². The van der Waals surface area contributed by atoms with Gasteiger partial charge >= 0.3 is 0 Å². The van der Waals surface area contributed by atoms with Crippen LogP contribution in [0.3, 0.4) is 0 Å². The Bertz CT molecular complexity index is 801. The molecule has 1 aliphatic rings. The lowest BCUT2D eigenvalue weighted by Crippen LogP contribution is -2.36. The number of likely N-dealkylation sites (N-methyl/N-ethyl adjacent to an activating group) is 1. The molecule has 27 heavy (non-hydrogen) atoms. The lowest BCUT2D eigenvalue weighted by Gasteiger charge is -2.18. The summed E-state index contributed by atoms with van der Waals surface area (Å²) >= 11 is 0. The number of benzene rings is 1. The summed E-state index contributed by atoms with van der Waals surface area (Å²) in [5, 5.41) is 9.81. The fourth-order valence-electron chi connectivity index (χ4n) is 3.35. The van der Waals surface area contributed by atoms with Gasteiger partial charge < -0.3 is 10.6 Å². The highest BCUT2D eigenvalue weighted by atomic mass is 19.1. The van der Waals surface area contributed by atoms with Gasteiger partial charge in [0.25, 0.3) is 0 Å². The van der Waals surface area contributed by atoms with Crippen molar-refractivity contribution in [2.75, 3.05) is 30.8 Å². The molecule has 0 bridgehead atoms. The quantitative estimate of drug-likeness (QED) is 0.782. The molecule has 1 aromatic carbocycles. The van der Waals surface area contributed by atoms with Crippen molar-refractivity contribution in [3.05, 3.63) is 42.3 Å². The van der Waals surface area contributed by atoms with Crippen molar-refractivity contribution in [2.45, 2.75) is 31.7 Å². The minimum Gasteiger partial charge on any atom is -0.325 e. The summed E-state index contributed by atoms with van der Waals surface area (Å²) in [5.41, 5.74) is 0.387. The van der Waals surface area contributed by atoms with Gasteiger partial charge in [-0.3, -0.25) is 14.5 Å². The molecule has 1 fully saturated rings. The Morgan fingerprint density at radius 3 is 2.59 bits per heavy atom. The smallest absolute Gasteiger partial charge is 0.239 e. The number of amides is 2. The zero-order valence-electron chi connectivity index (χ0n) is 15.3. The van der Waals surface area contributed by atoms with Crippen molar-refractivity contribution in [1.29, 1.82) is 0 Å². The molecule has 2 amide bonds. The van der Waals surface area contributed by atoms with Crippen LogP contribution in [0.5, 0.6) is 0 Å². The number of carbonyl (C=O) groups is 2. The first kappa shape index (κ1) is 19.0. The first-order chi connectivity index (χ1) is 13.0. The number of halogens is 1. The Morgan fingerprint density at radius 2 is 1.89 bits per heavy atom. The van der Waals surface area contributed by atoms with Gasteiger partial charge in [-0.2, -0.15) is 5.10 Å². The summed E-state index contributed by atoms with van der Waals surface area (Å²) in [6.45, 7) is 0.0816. The first-order valence-electron chi connectivity index (χ1n) is 9.08. The molecule has 0 spiro atoms. The van der Waals surface area contributed by atoms with Crippen LogP contribution in [-0.4, -0.2) is 46.6 Å². The Kier molecular flexibility index (Phi) is 6.18. The van der Waals surface area contributed by atoms with Gasteiger partial charge in [0.15, 0.2) is 0 Å². The fraction of sp³-hybridized carbons (Fsp3) is 0.421. The van der Waals surface area contributed by atoms with Gasteiger partial charge in [0.1, 0.15) is 11.6 Å². The molecule has 7 nitrogen and oxygen atoms in total. The van der Waals surface area contributed by atoms with E-state index >= 15 is 0 Å². The van der Waals surface area contributed by atoms with Crippen LogP contribution in [0.1, 0.15) is 31.7 Å². The largest absolute Gasteiger partial charge is 0.325 e. The molecule has 1 aliphatic carbocycles. The second kappa shape index (κ2) is 8.77. The predicted molar refractivity (Wildman–Crippen MR) is 101 cm³/mol. The maximum Gasteiger partial charge on any atom is 0.239 e. The van der Waals surface area contributed by atoms with Crippen LogP contribution in [0.4, 0.5) is 15.9 Å². The van der Waals surface area contributed by atoms with E-state index in [4.69, 9.17) is 0 Å². The van der Waals surface area contributed by atoms with Crippen molar-refractivity contribution >= 4 is 23.3 Å². The van der Waals surface area contributed by atoms with Crippen molar-refractivity contribution in [3.63, 3.8) is 0 Å². The maximum absolute atomic E-state index is 13.2. The third kappa shape index (κ3) is 5.37. The third-order valence-electron chi connectivity index (χ3n) is 4.54. The van der Waals surface area contributed by atoms with E-state index in [2.05, 4.69) is 15.7 Å². The standard InChI is InChI=1S/C19H24FN5O2/c1-24(12-18(26)22-15-6-4-5-14(20)11-15)13-19(27)23-17-9-10-21-25(17)16-7-2-3-8-16/h4-6,9-11,16H,2-3,7-8,12-13H2,1H3,(H,22,26)(H,23,27). The van der Waals surface area contributed by atoms with Gasteiger partial charge in [0.05, 0.1) is 25.3 Å². The van der Waals surface area contributed by atoms with Gasteiger partial charge in [-0.1, -0.05) is 18.9 Å². The van der Waals surface area contributed by atoms with Crippen LogP contribution in [0, 0.1) is 5.82 Å². The number of rotatable bonds is 7. The number of hydrogen-bond acceptors (Lipinski definition) is 4. The van der Waals surface area contributed by atoms with E-state index in [0.29, 0.717) is 17.5 Å². The highest BCUT2D eigenvalue weighted by Crippen LogP contribution is 2.31. The van der Waals surface area contributed by atoms with Crippen LogP contribution < -0.4 is 10.6 Å². The Balaban J connectivity index is 1.48. The van der Waals surface area contributed by atoms with Gasteiger partial charge in [-0.05, 0) is 38.1 Å². The molecule has 144 valence electrons. The highest BCUT2D eigenvalue weighted by molar-refractivity contribution is 5.94. The van der Waals surface area contributed by atoms with Crippen LogP contribution in [0.15, 0.2) is 36.5 Å². The minimum absolute atomic E-state index is 0.0197. The number of anilines is 2. The molecule has 1 heterocycles. The fourth-order valence-corrected chi connectivity index (χ4v) is 3.35. The highest BCUT2D eigenvalue weighted by Gasteiger charge is 2.21. The number of nitrogens with one attached hydrogen (secondary N) is 2. The van der Waals surface area contributed by atoms with Crippen LogP contribution >= 0.6 is 0 Å². The summed E-state index contributed by atoms with van der Waals surface area (Å²) in [6.07, 6.45) is 6.20. The average molecular weight is 373 g/mol. The number of hydrogen-bond donors (Lipinski definition) is 2. The maximum atomic E-state index is 13.2. The van der Waals surface area contributed by atoms with E-state index in [0.717, 1.165) is 12.8 Å². The third-order valence-corrected chi connectivity index (χ3v) is 4.54. The lowest BCUT2D eigenvalue weighted by molar-refractivity contribution is -0.119. The summed E-state index contributed by atoms with van der Waals surface area (Å²) in [5.74, 6) is -0.258. The van der Waals surface area contributed by atoms with Gasteiger partial charge in [-0.15, -0.1) is 0 Å². The molecular weight excluding hydrogens is 349 g/mol. The first-order valence-corrected chi connectivity index (χ1v) is 9.08. The van der Waals surface area contributed by atoms with E-state index in [-0.39, 0.29) is 24.9 Å². The van der Waals surface area contributed by atoms with Gasteiger partial charge in [0, 0.05) is 11.8 Å². The number of aromatic nitrogens is 2. The van der Waals surface area contributed by atoms with E-state index in [1.165, 1.54) is 31.0 Å². The van der Waals surface area contributed by atoms with Gasteiger partial charge in [0.2, 0.25) is 11.8 Å². The molecule has 8 heteroatoms. The van der Waals surface area contributed by atoms with E-state index in [1.807, 2.05) is 4.68 Å². The van der Waals surface area contributed by atoms with E-state index in [1.54, 1.807) is 30.3 Å². The number of nitrogens with zero attached hydrogens (tertiary/aromatic N) is 3. The minimum atomic E-state index is -0.417. The lowest BCUT2D eigenvalue weighted by atomic mass is 10.2. The Labute approximate surface area is 157 Å². The zero-order valence-corrected chi connectivity index (χ0v) is 15.3. The summed E-state index contributed by atoms with van der Waals surface area (Å²) < 4.78 is 15.0. The van der Waals surface area contributed by atoms with Crippen LogP contribution in [0.25, 0.3) is 0 Å². The van der Waals surface area contributed by atoms with Crippen LogP contribution in [0.2, 0.25) is 0 Å². The SMILES string of the molecule is CN(CC(=O)Nc1cccc(F)c1)CC(=O)Nc1ccnn1C1CCCC1. The monoisotopic (exact) mass is 373 g/mol. The second-order valence-corrected chi connectivity index (χ2v) is 6.88. The molecule has 0 radical (unpaired) electrons. The zero-order chi connectivity index (χ0) is 19.2. The number of carbonyl (C=O) groups excluding carboxylic acids is 2. The van der Waals surface area contributed by atoms with E-state index < -0.39 is 5.82 Å². The van der Waals surface area contributed by atoms with Crippen molar-refractivity contribution in [2.24, 2.45) is 0 Å². The molecule has 0 saturated heterocycles. The second-order valence-electron chi connectivity index (χ2n) is 6.88. The van der Waals surface area contributed by atoms with E-state index in [9.17, 15) is 14.0 Å². The molecular formula is C19H24FN5O2. The summed E-state index contributed by atoms with van der Waals surface area (Å²) in [4.78, 5) is 25.9. The normalized spacial score (nSPS) is 14.5. The topological polar surface area (TPSA) is 79.3 Å². The molecule has 1 saturated carbocycles. The summed E-state index contributed by atoms with van der Waals surface area (Å²) in [6, 6.07) is 7.81. The molecule has 0 atom stereocenters. The van der Waals surface area contributed by atoms with Crippen molar-refractivity contribution in [1.82, 2.24) is 14.7 Å². The predicted octanol–water partition coefficient (Wildman–Crippen LogP) is 2.65. The Hall–Kier alpha value is -2.74. The molecule has 2 aromatic rings. The van der Waals surface area contributed by atoms with Gasteiger partial charge in [-0.25, -0.2) is 9.07 Å².